The van der Waals surface area contributed by atoms with Crippen LogP contribution in [0.1, 0.15) is 39.4 Å². The van der Waals surface area contributed by atoms with Gasteiger partial charge in [0.1, 0.15) is 5.82 Å². The summed E-state index contributed by atoms with van der Waals surface area (Å²) in [5.41, 5.74) is 0.154. The molecular weight excluding hydrogens is 148 g/mol. The van der Waals surface area contributed by atoms with Crippen LogP contribution in [-0.2, 0) is 5.41 Å². The van der Waals surface area contributed by atoms with Crippen LogP contribution in [0, 0.1) is 0 Å². The molecule has 0 aromatic carbocycles. The Morgan fingerprint density at radius 2 is 1.67 bits per heavy atom. The molecule has 1 aromatic heterocycles. The number of hydrogen-bond acceptors (Lipinski definition) is 2. The van der Waals surface area contributed by atoms with Crippen molar-refractivity contribution < 1.29 is 0 Å². The van der Waals surface area contributed by atoms with E-state index in [1.807, 2.05) is 18.5 Å². The van der Waals surface area contributed by atoms with E-state index in [1.165, 1.54) is 0 Å². The van der Waals surface area contributed by atoms with Crippen molar-refractivity contribution in [2.24, 2.45) is 0 Å². The van der Waals surface area contributed by atoms with E-state index in [4.69, 9.17) is 0 Å². The molecule has 0 amide bonds. The fourth-order valence-corrected chi connectivity index (χ4v) is 1.18. The summed E-state index contributed by atoms with van der Waals surface area (Å²) in [5.74, 6) is 0.968. The van der Waals surface area contributed by atoms with Gasteiger partial charge in [0.2, 0.25) is 0 Å². The second kappa shape index (κ2) is 3.65. The summed E-state index contributed by atoms with van der Waals surface area (Å²) < 4.78 is 0. The third-order valence-electron chi connectivity index (χ3n) is 2.67. The summed E-state index contributed by atoms with van der Waals surface area (Å²) in [6.45, 7) is 6.57. The highest BCUT2D eigenvalue weighted by molar-refractivity contribution is 5.04. The summed E-state index contributed by atoms with van der Waals surface area (Å²) in [7, 11) is 0. The van der Waals surface area contributed by atoms with Crippen LogP contribution in [-0.4, -0.2) is 9.97 Å². The van der Waals surface area contributed by atoms with Gasteiger partial charge < -0.3 is 0 Å². The monoisotopic (exact) mass is 164 g/mol. The third-order valence-corrected chi connectivity index (χ3v) is 2.67. The molecule has 0 atom stereocenters. The molecule has 0 spiro atoms. The first-order chi connectivity index (χ1) is 5.73. The van der Waals surface area contributed by atoms with E-state index in [0.717, 1.165) is 18.7 Å². The molecule has 0 saturated heterocycles. The van der Waals surface area contributed by atoms with Gasteiger partial charge in [-0.3, -0.25) is 0 Å². The van der Waals surface area contributed by atoms with Crippen molar-refractivity contribution in [2.75, 3.05) is 0 Å². The van der Waals surface area contributed by atoms with E-state index >= 15 is 0 Å². The number of hydrogen-bond donors (Lipinski definition) is 0. The molecule has 0 bridgehead atoms. The summed E-state index contributed by atoms with van der Waals surface area (Å²) >= 11 is 0. The highest BCUT2D eigenvalue weighted by Gasteiger charge is 2.24. The molecule has 12 heavy (non-hydrogen) atoms. The molecule has 2 nitrogen and oxygen atoms in total. The van der Waals surface area contributed by atoms with Crippen LogP contribution in [0.5, 0.6) is 0 Å². The van der Waals surface area contributed by atoms with Crippen LogP contribution in [0.3, 0.4) is 0 Å². The van der Waals surface area contributed by atoms with Gasteiger partial charge in [-0.2, -0.15) is 0 Å². The lowest BCUT2D eigenvalue weighted by Gasteiger charge is -2.24. The highest BCUT2D eigenvalue weighted by Crippen LogP contribution is 2.27. The van der Waals surface area contributed by atoms with Crippen LogP contribution < -0.4 is 0 Å². The molecule has 0 saturated carbocycles. The van der Waals surface area contributed by atoms with E-state index < -0.39 is 0 Å². The molecule has 0 aliphatic carbocycles. The van der Waals surface area contributed by atoms with Crippen LogP contribution in [0.4, 0.5) is 0 Å². The highest BCUT2D eigenvalue weighted by atomic mass is 14.9. The third kappa shape index (κ3) is 1.63. The number of nitrogens with zero attached hydrogens (tertiary/aromatic N) is 2. The summed E-state index contributed by atoms with van der Waals surface area (Å²) in [5, 5.41) is 0. The molecule has 1 aromatic rings. The van der Waals surface area contributed by atoms with E-state index in [0.29, 0.717) is 0 Å². The van der Waals surface area contributed by atoms with Crippen molar-refractivity contribution in [3.63, 3.8) is 0 Å². The Labute approximate surface area is 74.1 Å². The predicted octanol–water partition coefficient (Wildman–Crippen LogP) is 2.55. The molecule has 0 aliphatic heterocycles. The maximum Gasteiger partial charge on any atom is 0.134 e. The second-order valence-electron chi connectivity index (χ2n) is 3.34. The van der Waals surface area contributed by atoms with E-state index in [9.17, 15) is 0 Å². The van der Waals surface area contributed by atoms with Crippen LogP contribution >= 0.6 is 0 Å². The summed E-state index contributed by atoms with van der Waals surface area (Å²) in [4.78, 5) is 8.56. The Balaban J connectivity index is 2.95. The number of aromatic nitrogens is 2. The van der Waals surface area contributed by atoms with Gasteiger partial charge in [0.15, 0.2) is 0 Å². The Bertz CT molecular complexity index is 227. The number of rotatable bonds is 3. The van der Waals surface area contributed by atoms with E-state index in [-0.39, 0.29) is 5.41 Å². The topological polar surface area (TPSA) is 25.8 Å². The van der Waals surface area contributed by atoms with Crippen LogP contribution in [0.2, 0.25) is 0 Å². The molecule has 2 heteroatoms. The first-order valence-corrected chi connectivity index (χ1v) is 4.50. The second-order valence-corrected chi connectivity index (χ2v) is 3.34. The first-order valence-electron chi connectivity index (χ1n) is 4.50. The predicted molar refractivity (Wildman–Crippen MR) is 50.0 cm³/mol. The fraction of sp³-hybridized carbons (Fsp3) is 0.600. The maximum atomic E-state index is 4.28. The Morgan fingerprint density at radius 3 is 2.08 bits per heavy atom. The van der Waals surface area contributed by atoms with Crippen molar-refractivity contribution in [1.29, 1.82) is 0 Å². The largest absolute Gasteiger partial charge is 0.241 e. The van der Waals surface area contributed by atoms with Crippen molar-refractivity contribution in [3.8, 4) is 0 Å². The van der Waals surface area contributed by atoms with Crippen molar-refractivity contribution >= 4 is 0 Å². The molecular formula is C10H16N2. The fourth-order valence-electron chi connectivity index (χ4n) is 1.18. The normalized spacial score (nSPS) is 11.6. The van der Waals surface area contributed by atoms with Crippen LogP contribution in [0.25, 0.3) is 0 Å². The van der Waals surface area contributed by atoms with Gasteiger partial charge in [-0.1, -0.05) is 20.8 Å². The minimum absolute atomic E-state index is 0.154. The van der Waals surface area contributed by atoms with Gasteiger partial charge in [-0.25, -0.2) is 9.97 Å². The molecule has 0 N–H and O–H groups in total. The SMILES string of the molecule is CCC(C)(CC)c1ncccn1. The standard InChI is InChI=1S/C10H16N2/c1-4-10(3,5-2)9-11-7-6-8-12-9/h6-8H,4-5H2,1-3H3. The van der Waals surface area contributed by atoms with Gasteiger partial charge in [0.25, 0.3) is 0 Å². The zero-order valence-electron chi connectivity index (χ0n) is 8.04. The van der Waals surface area contributed by atoms with Crippen LogP contribution in [0.15, 0.2) is 18.5 Å². The van der Waals surface area contributed by atoms with Gasteiger partial charge in [-0.05, 0) is 18.9 Å². The zero-order valence-corrected chi connectivity index (χ0v) is 8.04. The van der Waals surface area contributed by atoms with E-state index in [1.54, 1.807) is 0 Å². The minimum Gasteiger partial charge on any atom is -0.241 e. The molecule has 1 rings (SSSR count). The average molecular weight is 164 g/mol. The molecule has 0 fully saturated rings. The lowest BCUT2D eigenvalue weighted by molar-refractivity contribution is 0.411. The van der Waals surface area contributed by atoms with Crippen molar-refractivity contribution in [3.05, 3.63) is 24.3 Å². The van der Waals surface area contributed by atoms with Gasteiger partial charge >= 0.3 is 0 Å². The van der Waals surface area contributed by atoms with Gasteiger partial charge in [-0.15, -0.1) is 0 Å². The van der Waals surface area contributed by atoms with E-state index in [2.05, 4.69) is 30.7 Å². The molecule has 0 radical (unpaired) electrons. The van der Waals surface area contributed by atoms with Gasteiger partial charge in [0.05, 0.1) is 0 Å². The summed E-state index contributed by atoms with van der Waals surface area (Å²) in [6, 6.07) is 1.86. The first kappa shape index (κ1) is 9.17. The Morgan fingerprint density at radius 1 is 1.17 bits per heavy atom. The smallest absolute Gasteiger partial charge is 0.134 e. The lowest BCUT2D eigenvalue weighted by Crippen LogP contribution is -2.22. The molecule has 0 aliphatic rings. The molecule has 0 unspecified atom stereocenters. The average Bonchev–Trinajstić information content (AvgIpc) is 2.18. The molecule has 66 valence electrons. The van der Waals surface area contributed by atoms with Gasteiger partial charge in [0, 0.05) is 17.8 Å². The van der Waals surface area contributed by atoms with Crippen molar-refractivity contribution in [2.45, 2.75) is 39.0 Å². The summed E-state index contributed by atoms with van der Waals surface area (Å²) in [6.07, 6.45) is 5.80. The Hall–Kier alpha value is -0.920. The quantitative estimate of drug-likeness (QED) is 0.686. The Kier molecular flexibility index (Phi) is 2.79. The molecule has 1 heterocycles. The maximum absolute atomic E-state index is 4.28. The minimum atomic E-state index is 0.154. The lowest BCUT2D eigenvalue weighted by atomic mass is 9.84. The zero-order chi connectivity index (χ0) is 9.03. The van der Waals surface area contributed by atoms with Crippen molar-refractivity contribution in [1.82, 2.24) is 9.97 Å².